The SMILES string of the molecule is CCOc1ccccc1N(CC(=O)N(Cc1ccccc1)[C@@H](Cc1ccccc1)C(=O)NC)S(C)(=O)=O. The molecule has 8 nitrogen and oxygen atoms in total. The van der Waals surface area contributed by atoms with E-state index in [-0.39, 0.29) is 24.6 Å². The van der Waals surface area contributed by atoms with Crippen LogP contribution in [0.25, 0.3) is 0 Å². The monoisotopic (exact) mass is 523 g/mol. The average Bonchev–Trinajstić information content (AvgIpc) is 2.90. The highest BCUT2D eigenvalue weighted by atomic mass is 32.2. The van der Waals surface area contributed by atoms with Crippen molar-refractivity contribution in [1.82, 2.24) is 10.2 Å². The van der Waals surface area contributed by atoms with Gasteiger partial charge in [-0.25, -0.2) is 8.42 Å². The Morgan fingerprint density at radius 3 is 2.03 bits per heavy atom. The summed E-state index contributed by atoms with van der Waals surface area (Å²) >= 11 is 0. The van der Waals surface area contributed by atoms with Crippen LogP contribution in [0.4, 0.5) is 5.69 Å². The second-order valence-electron chi connectivity index (χ2n) is 8.50. The molecule has 0 saturated heterocycles. The van der Waals surface area contributed by atoms with Gasteiger partial charge in [0.05, 0.1) is 18.6 Å². The van der Waals surface area contributed by atoms with E-state index in [1.165, 1.54) is 11.9 Å². The van der Waals surface area contributed by atoms with Gasteiger partial charge in [-0.15, -0.1) is 0 Å². The van der Waals surface area contributed by atoms with E-state index in [0.29, 0.717) is 12.4 Å². The van der Waals surface area contributed by atoms with Crippen molar-refractivity contribution in [2.45, 2.75) is 25.9 Å². The fourth-order valence-corrected chi connectivity index (χ4v) is 4.89. The largest absolute Gasteiger partial charge is 0.492 e. The van der Waals surface area contributed by atoms with Gasteiger partial charge in [-0.2, -0.15) is 0 Å². The maximum Gasteiger partial charge on any atom is 0.244 e. The first-order valence-corrected chi connectivity index (χ1v) is 13.9. The first-order chi connectivity index (χ1) is 17.7. The number of amides is 2. The predicted molar refractivity (Wildman–Crippen MR) is 145 cm³/mol. The number of anilines is 1. The molecule has 0 aliphatic carbocycles. The fourth-order valence-electron chi connectivity index (χ4n) is 4.04. The van der Waals surface area contributed by atoms with Crippen LogP contribution in [0, 0.1) is 0 Å². The predicted octanol–water partition coefficient (Wildman–Crippen LogP) is 3.24. The van der Waals surface area contributed by atoms with Crippen LogP contribution < -0.4 is 14.4 Å². The van der Waals surface area contributed by atoms with Crippen molar-refractivity contribution in [3.05, 3.63) is 96.1 Å². The van der Waals surface area contributed by atoms with Crippen molar-refractivity contribution in [3.8, 4) is 5.75 Å². The normalized spacial score (nSPS) is 11.9. The van der Waals surface area contributed by atoms with Crippen molar-refractivity contribution >= 4 is 27.5 Å². The van der Waals surface area contributed by atoms with E-state index in [2.05, 4.69) is 5.32 Å². The number of nitrogens with one attached hydrogen (secondary N) is 1. The van der Waals surface area contributed by atoms with Gasteiger partial charge in [0, 0.05) is 20.0 Å². The lowest BCUT2D eigenvalue weighted by atomic mass is 10.0. The summed E-state index contributed by atoms with van der Waals surface area (Å²) in [5.74, 6) is -0.496. The molecule has 0 fully saturated rings. The number of likely N-dealkylation sites (N-methyl/N-ethyl adjacent to an activating group) is 1. The summed E-state index contributed by atoms with van der Waals surface area (Å²) in [7, 11) is -2.34. The zero-order valence-electron chi connectivity index (χ0n) is 21.3. The molecule has 1 atom stereocenters. The quantitative estimate of drug-likeness (QED) is 0.393. The van der Waals surface area contributed by atoms with E-state index < -0.39 is 28.5 Å². The highest BCUT2D eigenvalue weighted by molar-refractivity contribution is 7.92. The Labute approximate surface area is 218 Å². The lowest BCUT2D eigenvalue weighted by Crippen LogP contribution is -2.52. The molecular formula is C28H33N3O5S. The van der Waals surface area contributed by atoms with Crippen molar-refractivity contribution in [3.63, 3.8) is 0 Å². The number of benzene rings is 3. The highest BCUT2D eigenvalue weighted by Crippen LogP contribution is 2.30. The lowest BCUT2D eigenvalue weighted by molar-refractivity contribution is -0.139. The van der Waals surface area contributed by atoms with Crippen LogP contribution in [0.3, 0.4) is 0 Å². The van der Waals surface area contributed by atoms with Gasteiger partial charge in [-0.1, -0.05) is 72.8 Å². The van der Waals surface area contributed by atoms with Crippen molar-refractivity contribution in [1.29, 1.82) is 0 Å². The number of sulfonamides is 1. The minimum absolute atomic E-state index is 0.134. The number of para-hydroxylation sites is 2. The number of ether oxygens (including phenoxy) is 1. The molecule has 0 unspecified atom stereocenters. The van der Waals surface area contributed by atoms with E-state index in [1.807, 2.05) is 60.7 Å². The number of rotatable bonds is 12. The summed E-state index contributed by atoms with van der Waals surface area (Å²) in [4.78, 5) is 28.4. The van der Waals surface area contributed by atoms with E-state index in [1.54, 1.807) is 31.2 Å². The van der Waals surface area contributed by atoms with Gasteiger partial charge in [-0.3, -0.25) is 13.9 Å². The first kappa shape index (κ1) is 27.7. The molecule has 196 valence electrons. The molecule has 0 spiro atoms. The molecule has 3 aromatic rings. The van der Waals surface area contributed by atoms with Gasteiger partial charge in [0.1, 0.15) is 18.3 Å². The van der Waals surface area contributed by atoms with Gasteiger partial charge >= 0.3 is 0 Å². The Hall–Kier alpha value is -3.85. The van der Waals surface area contributed by atoms with Crippen LogP contribution in [0.5, 0.6) is 5.75 Å². The van der Waals surface area contributed by atoms with Crippen molar-refractivity contribution in [2.24, 2.45) is 0 Å². The van der Waals surface area contributed by atoms with Gasteiger partial charge in [0.2, 0.25) is 21.8 Å². The summed E-state index contributed by atoms with van der Waals surface area (Å²) in [5, 5.41) is 2.66. The van der Waals surface area contributed by atoms with E-state index >= 15 is 0 Å². The third-order valence-electron chi connectivity index (χ3n) is 5.83. The molecule has 37 heavy (non-hydrogen) atoms. The molecule has 0 radical (unpaired) electrons. The number of carbonyl (C=O) groups excluding carboxylic acids is 2. The third-order valence-corrected chi connectivity index (χ3v) is 6.95. The number of nitrogens with zero attached hydrogens (tertiary/aromatic N) is 2. The third kappa shape index (κ3) is 7.57. The Balaban J connectivity index is 2.03. The summed E-state index contributed by atoms with van der Waals surface area (Å²) in [6.45, 7) is 1.78. The molecule has 2 amide bonds. The molecule has 0 saturated carbocycles. The van der Waals surface area contributed by atoms with Crippen LogP contribution >= 0.6 is 0 Å². The molecule has 3 aromatic carbocycles. The first-order valence-electron chi connectivity index (χ1n) is 12.0. The van der Waals surface area contributed by atoms with Gasteiger partial charge in [0.25, 0.3) is 0 Å². The van der Waals surface area contributed by atoms with Crippen LogP contribution in [-0.2, 0) is 32.6 Å². The molecule has 0 aliphatic rings. The summed E-state index contributed by atoms with van der Waals surface area (Å²) < 4.78 is 32.4. The Bertz CT molecular complexity index is 1280. The van der Waals surface area contributed by atoms with Gasteiger partial charge < -0.3 is 15.0 Å². The Morgan fingerprint density at radius 2 is 1.46 bits per heavy atom. The van der Waals surface area contributed by atoms with Crippen LogP contribution in [-0.4, -0.2) is 57.6 Å². The zero-order chi connectivity index (χ0) is 26.8. The Kier molecular flexibility index (Phi) is 9.68. The second-order valence-corrected chi connectivity index (χ2v) is 10.4. The minimum Gasteiger partial charge on any atom is -0.492 e. The second kappa shape index (κ2) is 12.9. The fraction of sp³-hybridized carbons (Fsp3) is 0.286. The van der Waals surface area contributed by atoms with Crippen LogP contribution in [0.15, 0.2) is 84.9 Å². The lowest BCUT2D eigenvalue weighted by Gasteiger charge is -2.33. The molecule has 3 rings (SSSR count). The van der Waals surface area contributed by atoms with Crippen molar-refractivity contribution < 1.29 is 22.7 Å². The van der Waals surface area contributed by atoms with Crippen LogP contribution in [0.2, 0.25) is 0 Å². The van der Waals surface area contributed by atoms with E-state index in [4.69, 9.17) is 4.74 Å². The smallest absolute Gasteiger partial charge is 0.244 e. The van der Waals surface area contributed by atoms with Gasteiger partial charge in [0.15, 0.2) is 0 Å². The zero-order valence-corrected chi connectivity index (χ0v) is 22.1. The topological polar surface area (TPSA) is 96.0 Å². The Morgan fingerprint density at radius 1 is 0.892 bits per heavy atom. The summed E-state index contributed by atoms with van der Waals surface area (Å²) in [6, 6.07) is 24.5. The van der Waals surface area contributed by atoms with Crippen LogP contribution in [0.1, 0.15) is 18.1 Å². The molecular weight excluding hydrogens is 490 g/mol. The van der Waals surface area contributed by atoms with E-state index in [0.717, 1.165) is 21.7 Å². The van der Waals surface area contributed by atoms with E-state index in [9.17, 15) is 18.0 Å². The molecule has 0 aromatic heterocycles. The summed E-state index contributed by atoms with van der Waals surface area (Å²) in [5.41, 5.74) is 1.96. The van der Waals surface area contributed by atoms with Gasteiger partial charge in [-0.05, 0) is 30.2 Å². The number of carbonyl (C=O) groups is 2. The summed E-state index contributed by atoms with van der Waals surface area (Å²) in [6.07, 6.45) is 1.32. The average molecular weight is 524 g/mol. The number of hydrogen-bond acceptors (Lipinski definition) is 5. The highest BCUT2D eigenvalue weighted by Gasteiger charge is 2.33. The van der Waals surface area contributed by atoms with Crippen molar-refractivity contribution in [2.75, 3.05) is 30.8 Å². The maximum atomic E-state index is 13.9. The minimum atomic E-state index is -3.87. The number of hydrogen-bond donors (Lipinski definition) is 1. The molecule has 1 N–H and O–H groups in total. The standard InChI is InChI=1S/C28H33N3O5S/c1-4-36-26-18-12-11-17-24(26)31(37(3,34)35)21-27(32)30(20-23-15-9-6-10-16-23)25(28(33)29-2)19-22-13-7-5-8-14-22/h5-18,25H,4,19-21H2,1-3H3,(H,29,33)/t25-/m0/s1. The molecule has 0 bridgehead atoms. The molecule has 9 heteroatoms. The molecule has 0 aliphatic heterocycles. The maximum absolute atomic E-state index is 13.9. The molecule has 0 heterocycles.